The van der Waals surface area contributed by atoms with E-state index in [0.29, 0.717) is 36.3 Å². The number of hydrogen-bond donors (Lipinski definition) is 0. The first-order valence-corrected chi connectivity index (χ1v) is 14.1. The van der Waals surface area contributed by atoms with Gasteiger partial charge in [0.1, 0.15) is 11.6 Å². The summed E-state index contributed by atoms with van der Waals surface area (Å²) in [5.74, 6) is 1.69. The zero-order chi connectivity index (χ0) is 26.2. The van der Waals surface area contributed by atoms with E-state index in [-0.39, 0.29) is 23.4 Å². The molecule has 0 spiro atoms. The predicted octanol–water partition coefficient (Wildman–Crippen LogP) is 6.83. The zero-order valence-electron chi connectivity index (χ0n) is 22.6. The molecule has 1 unspecified atom stereocenters. The second kappa shape index (κ2) is 12.9. The molecule has 1 amide bonds. The summed E-state index contributed by atoms with van der Waals surface area (Å²) in [6.07, 6.45) is 9.14. The highest BCUT2D eigenvalue weighted by Gasteiger charge is 2.33. The van der Waals surface area contributed by atoms with Crippen LogP contribution in [0.15, 0.2) is 53.3 Å². The van der Waals surface area contributed by atoms with Crippen LogP contribution in [-0.2, 0) is 4.79 Å². The largest absolute Gasteiger partial charge is 0.494 e. The Balaban J connectivity index is 1.85. The Labute approximate surface area is 220 Å². The van der Waals surface area contributed by atoms with Crippen molar-refractivity contribution in [2.24, 2.45) is 5.92 Å². The molecule has 6 heteroatoms. The van der Waals surface area contributed by atoms with Crippen LogP contribution >= 0.6 is 0 Å². The lowest BCUT2D eigenvalue weighted by molar-refractivity contribution is -0.139. The number of ether oxygens (including phenoxy) is 1. The summed E-state index contributed by atoms with van der Waals surface area (Å²) in [6, 6.07) is 14.8. The van der Waals surface area contributed by atoms with E-state index in [4.69, 9.17) is 9.72 Å². The second-order valence-corrected chi connectivity index (χ2v) is 10.1. The summed E-state index contributed by atoms with van der Waals surface area (Å²) in [7, 11) is 0. The van der Waals surface area contributed by atoms with Gasteiger partial charge in [0.15, 0.2) is 0 Å². The Morgan fingerprint density at radius 2 is 1.76 bits per heavy atom. The summed E-state index contributed by atoms with van der Waals surface area (Å²) in [6.45, 7) is 7.49. The van der Waals surface area contributed by atoms with Gasteiger partial charge in [0, 0.05) is 12.5 Å². The Bertz CT molecular complexity index is 1230. The zero-order valence-corrected chi connectivity index (χ0v) is 22.6. The highest BCUT2D eigenvalue weighted by molar-refractivity contribution is 5.80. The number of benzene rings is 2. The number of aromatic nitrogens is 2. The van der Waals surface area contributed by atoms with Crippen LogP contribution in [0.3, 0.4) is 0 Å². The number of para-hydroxylation sites is 1. The van der Waals surface area contributed by atoms with Gasteiger partial charge in [-0.15, -0.1) is 0 Å². The highest BCUT2D eigenvalue weighted by atomic mass is 16.5. The maximum atomic E-state index is 14.0. The number of carbonyl (C=O) groups excluding carboxylic acids is 1. The maximum absolute atomic E-state index is 14.0. The first-order chi connectivity index (χ1) is 18.1. The molecule has 1 saturated carbocycles. The van der Waals surface area contributed by atoms with Crippen molar-refractivity contribution in [3.05, 3.63) is 64.7 Å². The van der Waals surface area contributed by atoms with E-state index in [0.717, 1.165) is 56.4 Å². The molecule has 0 N–H and O–H groups in total. The third kappa shape index (κ3) is 6.06. The summed E-state index contributed by atoms with van der Waals surface area (Å²) in [5, 5.41) is 0.575. The van der Waals surface area contributed by atoms with E-state index >= 15 is 0 Å². The van der Waals surface area contributed by atoms with Crippen molar-refractivity contribution in [1.82, 2.24) is 14.5 Å². The molecule has 4 rings (SSSR count). The summed E-state index contributed by atoms with van der Waals surface area (Å²) in [4.78, 5) is 35.0. The van der Waals surface area contributed by atoms with Gasteiger partial charge in [-0.1, -0.05) is 58.1 Å². The van der Waals surface area contributed by atoms with Crippen molar-refractivity contribution in [1.29, 1.82) is 0 Å². The fraction of sp³-hybridized carbons (Fsp3) is 0.516. The van der Waals surface area contributed by atoms with E-state index in [2.05, 4.69) is 13.8 Å². The molecule has 0 radical (unpaired) electrons. The quantitative estimate of drug-likeness (QED) is 0.269. The highest BCUT2D eigenvalue weighted by Crippen LogP contribution is 2.32. The van der Waals surface area contributed by atoms with Crippen molar-refractivity contribution in [3.63, 3.8) is 0 Å². The van der Waals surface area contributed by atoms with Gasteiger partial charge < -0.3 is 9.64 Å². The third-order valence-electron chi connectivity index (χ3n) is 7.51. The number of nitrogens with zero attached hydrogens (tertiary/aromatic N) is 3. The van der Waals surface area contributed by atoms with Gasteiger partial charge in [-0.3, -0.25) is 14.2 Å². The monoisotopic (exact) mass is 503 g/mol. The van der Waals surface area contributed by atoms with Crippen molar-refractivity contribution < 1.29 is 9.53 Å². The van der Waals surface area contributed by atoms with Crippen molar-refractivity contribution in [2.45, 2.75) is 84.6 Å². The molecule has 1 heterocycles. The summed E-state index contributed by atoms with van der Waals surface area (Å²) < 4.78 is 7.35. The van der Waals surface area contributed by atoms with E-state index in [1.807, 2.05) is 60.4 Å². The molecule has 0 saturated heterocycles. The minimum atomic E-state index is -0.282. The molecule has 2 aromatic carbocycles. The molecule has 1 atom stereocenters. The van der Waals surface area contributed by atoms with E-state index in [1.54, 1.807) is 4.57 Å². The van der Waals surface area contributed by atoms with E-state index < -0.39 is 0 Å². The summed E-state index contributed by atoms with van der Waals surface area (Å²) >= 11 is 0. The minimum Gasteiger partial charge on any atom is -0.494 e. The van der Waals surface area contributed by atoms with Crippen molar-refractivity contribution in [2.75, 3.05) is 13.2 Å². The lowest BCUT2D eigenvalue weighted by Crippen LogP contribution is -2.42. The first kappa shape index (κ1) is 26.9. The SMILES string of the molecule is CCCCCN(C(=O)C1CCCCC1)C(CC)c1nc2ccccc2c(=O)n1-c1ccc(OCC)cc1. The Morgan fingerprint density at radius 3 is 2.43 bits per heavy atom. The Morgan fingerprint density at radius 1 is 1.03 bits per heavy atom. The predicted molar refractivity (Wildman–Crippen MR) is 149 cm³/mol. The van der Waals surface area contributed by atoms with Crippen LogP contribution in [0.1, 0.15) is 90.4 Å². The average Bonchev–Trinajstić information content (AvgIpc) is 2.94. The van der Waals surface area contributed by atoms with Crippen molar-refractivity contribution in [3.8, 4) is 11.4 Å². The molecule has 6 nitrogen and oxygen atoms in total. The molecule has 0 aliphatic heterocycles. The van der Waals surface area contributed by atoms with Crippen LogP contribution in [0, 0.1) is 5.92 Å². The lowest BCUT2D eigenvalue weighted by atomic mass is 9.87. The van der Waals surface area contributed by atoms with Crippen LogP contribution in [0.5, 0.6) is 5.75 Å². The smallest absolute Gasteiger partial charge is 0.266 e. The number of hydrogen-bond acceptors (Lipinski definition) is 4. The molecular formula is C31H41N3O3. The van der Waals surface area contributed by atoms with Crippen LogP contribution in [0.25, 0.3) is 16.6 Å². The van der Waals surface area contributed by atoms with Gasteiger partial charge in [-0.05, 0) is 69.0 Å². The number of rotatable bonds is 11. The third-order valence-corrected chi connectivity index (χ3v) is 7.51. The normalized spacial score (nSPS) is 15.0. The number of fused-ring (bicyclic) bond motifs is 1. The molecule has 1 aromatic heterocycles. The number of unbranched alkanes of at least 4 members (excludes halogenated alkanes) is 2. The topological polar surface area (TPSA) is 64.4 Å². The lowest BCUT2D eigenvalue weighted by Gasteiger charge is -2.36. The first-order valence-electron chi connectivity index (χ1n) is 14.1. The molecule has 1 aliphatic rings. The van der Waals surface area contributed by atoms with Crippen LogP contribution in [0.4, 0.5) is 0 Å². The second-order valence-electron chi connectivity index (χ2n) is 10.1. The van der Waals surface area contributed by atoms with E-state index in [9.17, 15) is 9.59 Å². The maximum Gasteiger partial charge on any atom is 0.266 e. The molecule has 3 aromatic rings. The van der Waals surface area contributed by atoms with Gasteiger partial charge >= 0.3 is 0 Å². The Kier molecular flexibility index (Phi) is 9.37. The molecular weight excluding hydrogens is 462 g/mol. The van der Waals surface area contributed by atoms with Crippen molar-refractivity contribution >= 4 is 16.8 Å². The molecule has 1 aliphatic carbocycles. The Hall–Kier alpha value is -3.15. The number of carbonyl (C=O) groups is 1. The van der Waals surface area contributed by atoms with Gasteiger partial charge in [-0.25, -0.2) is 4.98 Å². The molecule has 198 valence electrons. The number of amides is 1. The van der Waals surface area contributed by atoms with Crippen LogP contribution < -0.4 is 10.3 Å². The molecule has 37 heavy (non-hydrogen) atoms. The fourth-order valence-corrected chi connectivity index (χ4v) is 5.56. The van der Waals surface area contributed by atoms with Gasteiger partial charge in [0.25, 0.3) is 5.56 Å². The van der Waals surface area contributed by atoms with Crippen LogP contribution in [0.2, 0.25) is 0 Å². The van der Waals surface area contributed by atoms with Gasteiger partial charge in [-0.2, -0.15) is 0 Å². The summed E-state index contributed by atoms with van der Waals surface area (Å²) in [5.41, 5.74) is 1.29. The van der Waals surface area contributed by atoms with Gasteiger partial charge in [0.05, 0.1) is 29.2 Å². The fourth-order valence-electron chi connectivity index (χ4n) is 5.56. The minimum absolute atomic E-state index is 0.0653. The molecule has 0 bridgehead atoms. The average molecular weight is 504 g/mol. The van der Waals surface area contributed by atoms with Crippen LogP contribution in [-0.4, -0.2) is 33.5 Å². The molecule has 1 fully saturated rings. The van der Waals surface area contributed by atoms with E-state index in [1.165, 1.54) is 6.42 Å². The standard InChI is InChI=1S/C31H41N3O3/c1-4-7-13-22-33(30(35)23-14-9-8-10-15-23)28(5-2)29-32-27-17-12-11-16-26(27)31(36)34(29)24-18-20-25(21-19-24)37-6-3/h11-12,16-21,23,28H,4-10,13-15,22H2,1-3H3. The van der Waals surface area contributed by atoms with Gasteiger partial charge in [0.2, 0.25) is 5.91 Å².